The van der Waals surface area contributed by atoms with Crippen LogP contribution in [0.1, 0.15) is 11.1 Å². The predicted octanol–water partition coefficient (Wildman–Crippen LogP) is 1.09. The Bertz CT molecular complexity index is 248. The largest absolute Gasteiger partial charge is 0.508 e. The van der Waals surface area contributed by atoms with Crippen LogP contribution in [0.4, 0.5) is 0 Å². The Balaban J connectivity index is 2.86. The molecule has 0 spiro atoms. The summed E-state index contributed by atoms with van der Waals surface area (Å²) in [6.45, 7) is 2.16. The van der Waals surface area contributed by atoms with Crippen molar-refractivity contribution in [2.75, 3.05) is 0 Å². The van der Waals surface area contributed by atoms with Crippen LogP contribution >= 0.6 is 0 Å². The van der Waals surface area contributed by atoms with Crippen LogP contribution in [0.25, 0.3) is 0 Å². The van der Waals surface area contributed by atoms with Gasteiger partial charge in [-0.3, -0.25) is 4.84 Å². The first-order valence-corrected chi connectivity index (χ1v) is 3.34. The zero-order valence-corrected chi connectivity index (χ0v) is 6.37. The fourth-order valence-electron chi connectivity index (χ4n) is 0.841. The molecule has 0 amide bonds. The summed E-state index contributed by atoms with van der Waals surface area (Å²) in [4.78, 5) is 4.41. The summed E-state index contributed by atoms with van der Waals surface area (Å²) < 4.78 is 0. The van der Waals surface area contributed by atoms with Crippen molar-refractivity contribution < 1.29 is 9.94 Å². The van der Waals surface area contributed by atoms with E-state index in [1.807, 2.05) is 19.1 Å². The Morgan fingerprint density at radius 3 is 2.82 bits per heavy atom. The third-order valence-corrected chi connectivity index (χ3v) is 1.52. The molecule has 0 saturated heterocycles. The highest BCUT2D eigenvalue weighted by Gasteiger charge is 1.96. The van der Waals surface area contributed by atoms with Crippen molar-refractivity contribution in [3.05, 3.63) is 29.3 Å². The Labute approximate surface area is 65.4 Å². The van der Waals surface area contributed by atoms with Crippen molar-refractivity contribution in [3.63, 3.8) is 0 Å². The predicted molar refractivity (Wildman–Crippen MR) is 41.8 cm³/mol. The molecule has 0 bridgehead atoms. The fraction of sp³-hybridized carbons (Fsp3) is 0.250. The third-order valence-electron chi connectivity index (χ3n) is 1.52. The number of hydrogen-bond donors (Lipinski definition) is 2. The molecule has 60 valence electrons. The van der Waals surface area contributed by atoms with Gasteiger partial charge in [0.25, 0.3) is 0 Å². The molecule has 0 atom stereocenters. The maximum Gasteiger partial charge on any atom is 0.118 e. The van der Waals surface area contributed by atoms with E-state index in [9.17, 15) is 5.11 Å². The minimum atomic E-state index is 0.277. The highest BCUT2D eigenvalue weighted by atomic mass is 16.6. The van der Waals surface area contributed by atoms with Gasteiger partial charge in [-0.2, -0.15) is 0 Å². The molecule has 0 unspecified atom stereocenters. The summed E-state index contributed by atoms with van der Waals surface area (Å²) in [6, 6.07) is 5.33. The van der Waals surface area contributed by atoms with Crippen LogP contribution in [-0.4, -0.2) is 5.11 Å². The molecule has 1 rings (SSSR count). The first-order chi connectivity index (χ1) is 5.24. The zero-order valence-electron chi connectivity index (χ0n) is 6.37. The molecule has 0 saturated carbocycles. The molecule has 0 aliphatic heterocycles. The SMILES string of the molecule is Cc1ccc(CON)cc1O. The first kappa shape index (κ1) is 8.04. The van der Waals surface area contributed by atoms with E-state index in [0.29, 0.717) is 6.61 Å². The van der Waals surface area contributed by atoms with Crippen LogP contribution in [0.5, 0.6) is 5.75 Å². The van der Waals surface area contributed by atoms with Gasteiger partial charge in [0.2, 0.25) is 0 Å². The number of phenols is 1. The molecule has 3 heteroatoms. The molecule has 0 aliphatic carbocycles. The second-order valence-electron chi connectivity index (χ2n) is 2.43. The van der Waals surface area contributed by atoms with E-state index in [2.05, 4.69) is 4.84 Å². The van der Waals surface area contributed by atoms with Crippen molar-refractivity contribution in [1.82, 2.24) is 0 Å². The normalized spacial score (nSPS) is 10.0. The molecule has 11 heavy (non-hydrogen) atoms. The minimum Gasteiger partial charge on any atom is -0.508 e. The van der Waals surface area contributed by atoms with Crippen molar-refractivity contribution in [1.29, 1.82) is 0 Å². The first-order valence-electron chi connectivity index (χ1n) is 3.34. The van der Waals surface area contributed by atoms with E-state index >= 15 is 0 Å². The van der Waals surface area contributed by atoms with Crippen molar-refractivity contribution in [2.24, 2.45) is 5.90 Å². The van der Waals surface area contributed by atoms with Crippen molar-refractivity contribution >= 4 is 0 Å². The summed E-state index contributed by atoms with van der Waals surface area (Å²) in [6.07, 6.45) is 0. The van der Waals surface area contributed by atoms with Gasteiger partial charge < -0.3 is 5.11 Å². The van der Waals surface area contributed by atoms with Crippen LogP contribution < -0.4 is 5.90 Å². The smallest absolute Gasteiger partial charge is 0.118 e. The van der Waals surface area contributed by atoms with E-state index in [0.717, 1.165) is 11.1 Å². The van der Waals surface area contributed by atoms with Gasteiger partial charge in [0.15, 0.2) is 0 Å². The van der Waals surface area contributed by atoms with Gasteiger partial charge in [-0.05, 0) is 24.1 Å². The molecule has 0 aromatic heterocycles. The van der Waals surface area contributed by atoms with Crippen molar-refractivity contribution in [3.8, 4) is 5.75 Å². The summed E-state index contributed by atoms with van der Waals surface area (Å²) in [5.41, 5.74) is 1.72. The highest BCUT2D eigenvalue weighted by molar-refractivity contribution is 5.34. The molecular weight excluding hydrogens is 142 g/mol. The lowest BCUT2D eigenvalue weighted by atomic mass is 10.1. The number of rotatable bonds is 2. The maximum absolute atomic E-state index is 9.23. The van der Waals surface area contributed by atoms with Crippen LogP contribution in [0, 0.1) is 6.92 Å². The molecule has 3 nitrogen and oxygen atoms in total. The Kier molecular flexibility index (Phi) is 2.46. The summed E-state index contributed by atoms with van der Waals surface area (Å²) in [7, 11) is 0. The minimum absolute atomic E-state index is 0.277. The number of benzene rings is 1. The molecule has 1 aromatic rings. The van der Waals surface area contributed by atoms with Gasteiger partial charge in [0.05, 0.1) is 6.61 Å². The molecule has 3 N–H and O–H groups in total. The van der Waals surface area contributed by atoms with E-state index in [1.165, 1.54) is 0 Å². The number of phenolic OH excluding ortho intramolecular Hbond substituents is 1. The topological polar surface area (TPSA) is 55.5 Å². The van der Waals surface area contributed by atoms with Gasteiger partial charge >= 0.3 is 0 Å². The molecule has 1 aromatic carbocycles. The Morgan fingerprint density at radius 2 is 2.27 bits per heavy atom. The van der Waals surface area contributed by atoms with Crippen LogP contribution in [-0.2, 0) is 11.4 Å². The monoisotopic (exact) mass is 153 g/mol. The summed E-state index contributed by atoms with van der Waals surface area (Å²) in [5.74, 6) is 5.14. The van der Waals surface area contributed by atoms with Crippen LogP contribution in [0.15, 0.2) is 18.2 Å². The van der Waals surface area contributed by atoms with Gasteiger partial charge in [0.1, 0.15) is 5.75 Å². The third kappa shape index (κ3) is 1.93. The Morgan fingerprint density at radius 1 is 1.55 bits per heavy atom. The van der Waals surface area contributed by atoms with Crippen LogP contribution in [0.2, 0.25) is 0 Å². The molecule has 0 radical (unpaired) electrons. The van der Waals surface area contributed by atoms with Gasteiger partial charge in [-0.1, -0.05) is 12.1 Å². The second kappa shape index (κ2) is 3.37. The van der Waals surface area contributed by atoms with Gasteiger partial charge in [0, 0.05) is 0 Å². The maximum atomic E-state index is 9.23. The lowest BCUT2D eigenvalue weighted by Crippen LogP contribution is -1.98. The van der Waals surface area contributed by atoms with E-state index < -0.39 is 0 Å². The number of nitrogens with two attached hydrogens (primary N) is 1. The summed E-state index contributed by atoms with van der Waals surface area (Å²) in [5, 5.41) is 9.23. The average Bonchev–Trinajstić information content (AvgIpc) is 1.98. The lowest BCUT2D eigenvalue weighted by Gasteiger charge is -2.01. The van der Waals surface area contributed by atoms with Crippen LogP contribution in [0.3, 0.4) is 0 Å². The van der Waals surface area contributed by atoms with E-state index in [-0.39, 0.29) is 5.75 Å². The van der Waals surface area contributed by atoms with Crippen molar-refractivity contribution in [2.45, 2.75) is 13.5 Å². The quantitative estimate of drug-likeness (QED) is 0.625. The highest BCUT2D eigenvalue weighted by Crippen LogP contribution is 2.17. The summed E-state index contributed by atoms with van der Waals surface area (Å²) >= 11 is 0. The van der Waals surface area contributed by atoms with E-state index in [4.69, 9.17) is 5.90 Å². The molecular formula is C8H11NO2. The average molecular weight is 153 g/mol. The fourth-order valence-corrected chi connectivity index (χ4v) is 0.841. The Hall–Kier alpha value is -1.06. The number of aryl methyl sites for hydroxylation is 1. The number of aromatic hydroxyl groups is 1. The molecule has 0 fully saturated rings. The molecule has 0 aliphatic rings. The van der Waals surface area contributed by atoms with Gasteiger partial charge in [-0.25, -0.2) is 5.90 Å². The standard InChI is InChI=1S/C8H11NO2/c1-6-2-3-7(5-11-9)4-8(6)10/h2-4,10H,5,9H2,1H3. The number of hydrogen-bond acceptors (Lipinski definition) is 3. The second-order valence-corrected chi connectivity index (χ2v) is 2.43. The van der Waals surface area contributed by atoms with E-state index in [1.54, 1.807) is 6.07 Å². The lowest BCUT2D eigenvalue weighted by molar-refractivity contribution is 0.124. The molecule has 0 heterocycles. The van der Waals surface area contributed by atoms with Gasteiger partial charge in [-0.15, -0.1) is 0 Å². The zero-order chi connectivity index (χ0) is 8.27.